The quantitative estimate of drug-likeness (QED) is 0.272. The number of hydrogen-bond acceptors (Lipinski definition) is 9. The smallest absolute Gasteiger partial charge is 0.233 e. The van der Waals surface area contributed by atoms with Gasteiger partial charge in [-0.25, -0.2) is 0 Å². The van der Waals surface area contributed by atoms with Crippen molar-refractivity contribution in [2.45, 2.75) is 16.8 Å². The minimum absolute atomic E-state index is 0.0455. The van der Waals surface area contributed by atoms with Crippen LogP contribution in [0.15, 0.2) is 71.1 Å². The van der Waals surface area contributed by atoms with Gasteiger partial charge in [0, 0.05) is 12.2 Å². The van der Waals surface area contributed by atoms with Crippen LogP contribution < -0.4 is 19.5 Å². The van der Waals surface area contributed by atoms with Crippen molar-refractivity contribution < 1.29 is 19.0 Å². The number of hydrogen-bond donors (Lipinski definition) is 1. The summed E-state index contributed by atoms with van der Waals surface area (Å²) in [4.78, 5) is 15.5. The zero-order valence-corrected chi connectivity index (χ0v) is 23.0. The van der Waals surface area contributed by atoms with E-state index in [1.807, 2.05) is 59.5 Å². The average molecular weight is 549 g/mol. The summed E-state index contributed by atoms with van der Waals surface area (Å²) in [6.45, 7) is 0.613. The number of fused-ring (bicyclic) bond motifs is 1. The highest BCUT2D eigenvalue weighted by molar-refractivity contribution is 8.01. The van der Waals surface area contributed by atoms with Crippen molar-refractivity contribution in [1.29, 1.82) is 0 Å². The van der Waals surface area contributed by atoms with Crippen molar-refractivity contribution in [3.8, 4) is 17.2 Å². The Hall–Kier alpha value is -3.76. The van der Waals surface area contributed by atoms with Gasteiger partial charge >= 0.3 is 0 Å². The second-order valence-electron chi connectivity index (χ2n) is 8.57. The summed E-state index contributed by atoms with van der Waals surface area (Å²) in [6.07, 6.45) is 0.740. The third kappa shape index (κ3) is 5.56. The number of nitrogens with zero attached hydrogens (tertiary/aromatic N) is 3. The van der Waals surface area contributed by atoms with Gasteiger partial charge in [-0.2, -0.15) is 0 Å². The van der Waals surface area contributed by atoms with Crippen molar-refractivity contribution in [2.24, 2.45) is 0 Å². The first-order chi connectivity index (χ1) is 18.6. The molecule has 1 aromatic heterocycles. The van der Waals surface area contributed by atoms with E-state index in [1.165, 1.54) is 23.1 Å². The molecule has 0 aliphatic carbocycles. The monoisotopic (exact) mass is 548 g/mol. The highest BCUT2D eigenvalue weighted by atomic mass is 32.2. The number of carbonyl (C=O) groups excluding carboxylic acids is 1. The predicted octanol–water partition coefficient (Wildman–Crippen LogP) is 5.57. The minimum atomic E-state index is -0.213. The van der Waals surface area contributed by atoms with E-state index in [1.54, 1.807) is 21.3 Å². The van der Waals surface area contributed by atoms with Crippen molar-refractivity contribution >= 4 is 39.8 Å². The van der Waals surface area contributed by atoms with E-state index in [2.05, 4.69) is 27.6 Å². The molecule has 5 rings (SSSR count). The molecule has 0 fully saturated rings. The molecule has 1 aliphatic rings. The first-order valence-electron chi connectivity index (χ1n) is 12.1. The lowest BCUT2D eigenvalue weighted by Crippen LogP contribution is -2.41. The molecule has 2 heterocycles. The molecule has 0 unspecified atom stereocenters. The molecular weight excluding hydrogens is 520 g/mol. The van der Waals surface area contributed by atoms with Crippen LogP contribution in [-0.2, 0) is 11.2 Å². The van der Waals surface area contributed by atoms with E-state index in [-0.39, 0.29) is 17.7 Å². The van der Waals surface area contributed by atoms with E-state index in [4.69, 9.17) is 14.2 Å². The second-order valence-corrected chi connectivity index (χ2v) is 10.8. The normalized spacial score (nSPS) is 14.5. The van der Waals surface area contributed by atoms with Crippen molar-refractivity contribution in [2.75, 3.05) is 38.9 Å². The maximum absolute atomic E-state index is 13.6. The summed E-state index contributed by atoms with van der Waals surface area (Å²) in [5, 5.41) is 12.4. The van der Waals surface area contributed by atoms with Gasteiger partial charge in [-0.3, -0.25) is 4.79 Å². The number of carbonyl (C=O) groups is 1. The lowest BCUT2D eigenvalue weighted by atomic mass is 9.87. The fraction of sp³-hybridized carbons (Fsp3) is 0.250. The Balaban J connectivity index is 1.32. The Morgan fingerprint density at radius 1 is 1.00 bits per heavy atom. The van der Waals surface area contributed by atoms with Crippen LogP contribution >= 0.6 is 23.1 Å². The topological polar surface area (TPSA) is 85.8 Å². The van der Waals surface area contributed by atoms with Crippen LogP contribution in [0.1, 0.15) is 22.7 Å². The number of methoxy groups -OCH3 is 3. The highest BCUT2D eigenvalue weighted by Gasteiger charge is 2.33. The van der Waals surface area contributed by atoms with Gasteiger partial charge in [-0.15, -0.1) is 10.2 Å². The molecule has 0 spiro atoms. The van der Waals surface area contributed by atoms with Gasteiger partial charge < -0.3 is 24.4 Å². The molecule has 0 saturated carbocycles. The first-order valence-corrected chi connectivity index (χ1v) is 13.9. The number of thioether (sulfide) groups is 1. The Kier molecular flexibility index (Phi) is 8.00. The number of nitrogens with one attached hydrogen (secondary N) is 1. The third-order valence-corrected chi connectivity index (χ3v) is 8.33. The number of aromatic nitrogens is 2. The van der Waals surface area contributed by atoms with E-state index < -0.39 is 0 Å². The fourth-order valence-electron chi connectivity index (χ4n) is 4.53. The average Bonchev–Trinajstić information content (AvgIpc) is 3.42. The van der Waals surface area contributed by atoms with Gasteiger partial charge in [0.05, 0.1) is 33.1 Å². The second kappa shape index (κ2) is 11.7. The van der Waals surface area contributed by atoms with Crippen LogP contribution in [0.25, 0.3) is 0 Å². The molecule has 38 heavy (non-hydrogen) atoms. The molecule has 0 bridgehead atoms. The van der Waals surface area contributed by atoms with Crippen LogP contribution in [0, 0.1) is 0 Å². The summed E-state index contributed by atoms with van der Waals surface area (Å²) >= 11 is 2.82. The van der Waals surface area contributed by atoms with Gasteiger partial charge in [0.1, 0.15) is 5.75 Å². The predicted molar refractivity (Wildman–Crippen MR) is 150 cm³/mol. The first kappa shape index (κ1) is 25.9. The Morgan fingerprint density at radius 3 is 2.45 bits per heavy atom. The van der Waals surface area contributed by atoms with E-state index in [9.17, 15) is 4.79 Å². The zero-order valence-electron chi connectivity index (χ0n) is 21.3. The third-order valence-electron chi connectivity index (χ3n) is 6.38. The van der Waals surface area contributed by atoms with Crippen molar-refractivity contribution in [1.82, 2.24) is 15.1 Å². The van der Waals surface area contributed by atoms with Crippen LogP contribution in [0.3, 0.4) is 0 Å². The molecule has 0 saturated heterocycles. The standard InChI is InChI=1S/C28H28N4O4S2/c1-34-21-11-9-20(10-12-21)29-27-30-31-28(38-27)37-17-25(33)32-14-13-19-15-23(35-2)24(36-3)16-22(19)26(32)18-7-5-4-6-8-18/h4-12,15-16,26H,13-14,17H2,1-3H3,(H,29,30)/t26-/m1/s1. The zero-order chi connectivity index (χ0) is 26.5. The molecule has 8 nitrogen and oxygen atoms in total. The maximum Gasteiger partial charge on any atom is 0.233 e. The Morgan fingerprint density at radius 2 is 1.74 bits per heavy atom. The van der Waals surface area contributed by atoms with Crippen molar-refractivity contribution in [3.63, 3.8) is 0 Å². The molecule has 0 radical (unpaired) electrons. The van der Waals surface area contributed by atoms with Crippen LogP contribution in [-0.4, -0.2) is 54.6 Å². The van der Waals surface area contributed by atoms with E-state index in [0.29, 0.717) is 23.2 Å². The molecule has 1 aliphatic heterocycles. The lowest BCUT2D eigenvalue weighted by Gasteiger charge is -2.38. The summed E-state index contributed by atoms with van der Waals surface area (Å²) in [5.74, 6) is 2.45. The number of benzene rings is 3. The SMILES string of the molecule is COc1ccc(Nc2nnc(SCC(=O)N3CCc4cc(OC)c(OC)cc4[C@H]3c3ccccc3)s2)cc1. The highest BCUT2D eigenvalue weighted by Crippen LogP contribution is 2.41. The van der Waals surface area contributed by atoms with Crippen LogP contribution in [0.4, 0.5) is 10.8 Å². The Labute approximate surface area is 229 Å². The molecule has 1 amide bonds. The van der Waals surface area contributed by atoms with Gasteiger partial charge in [0.2, 0.25) is 11.0 Å². The number of anilines is 2. The summed E-state index contributed by atoms with van der Waals surface area (Å²) in [7, 11) is 4.90. The van der Waals surface area contributed by atoms with Gasteiger partial charge in [-0.05, 0) is 59.5 Å². The van der Waals surface area contributed by atoms with Crippen LogP contribution in [0.2, 0.25) is 0 Å². The molecular formula is C28H28N4O4S2. The van der Waals surface area contributed by atoms with Crippen LogP contribution in [0.5, 0.6) is 17.2 Å². The maximum atomic E-state index is 13.6. The van der Waals surface area contributed by atoms with Gasteiger partial charge in [0.15, 0.2) is 15.8 Å². The van der Waals surface area contributed by atoms with Gasteiger partial charge in [-0.1, -0.05) is 53.4 Å². The molecule has 1 atom stereocenters. The lowest BCUT2D eigenvalue weighted by molar-refractivity contribution is -0.130. The van der Waals surface area contributed by atoms with Gasteiger partial charge in [0.25, 0.3) is 0 Å². The molecule has 1 N–H and O–H groups in total. The Bertz CT molecular complexity index is 1400. The van der Waals surface area contributed by atoms with Crippen molar-refractivity contribution in [3.05, 3.63) is 83.4 Å². The molecule has 10 heteroatoms. The largest absolute Gasteiger partial charge is 0.497 e. The number of rotatable bonds is 9. The summed E-state index contributed by atoms with van der Waals surface area (Å²) < 4.78 is 17.0. The fourth-order valence-corrected chi connectivity index (χ4v) is 6.19. The molecule has 196 valence electrons. The number of amides is 1. The summed E-state index contributed by atoms with van der Waals surface area (Å²) in [5.41, 5.74) is 4.16. The molecule has 3 aromatic carbocycles. The van der Waals surface area contributed by atoms with E-state index in [0.717, 1.165) is 38.9 Å². The minimum Gasteiger partial charge on any atom is -0.497 e. The number of ether oxygens (including phenoxy) is 3. The molecule has 4 aromatic rings. The van der Waals surface area contributed by atoms with E-state index >= 15 is 0 Å². The summed E-state index contributed by atoms with van der Waals surface area (Å²) in [6, 6.07) is 21.5.